The van der Waals surface area contributed by atoms with Gasteiger partial charge >= 0.3 is 0 Å². The van der Waals surface area contributed by atoms with Crippen LogP contribution in [-0.4, -0.2) is 37.6 Å². The van der Waals surface area contributed by atoms with Gasteiger partial charge in [0.25, 0.3) is 0 Å². The van der Waals surface area contributed by atoms with Gasteiger partial charge in [-0.15, -0.1) is 0 Å². The first kappa shape index (κ1) is 15.7. The number of hydrogen-bond acceptors (Lipinski definition) is 4. The summed E-state index contributed by atoms with van der Waals surface area (Å²) in [7, 11) is -2.99. The zero-order valence-corrected chi connectivity index (χ0v) is 12.6. The van der Waals surface area contributed by atoms with Gasteiger partial charge < -0.3 is 10.4 Å². The normalized spacial score (nSPS) is 26.6. The minimum atomic E-state index is -2.99. The second kappa shape index (κ2) is 5.97. The monoisotopic (exact) mass is 321 g/mol. The summed E-state index contributed by atoms with van der Waals surface area (Å²) < 4.78 is 36.3. The summed E-state index contributed by atoms with van der Waals surface area (Å²) in [6.07, 6.45) is -0.905. The Labute approximate surface area is 122 Å². The molecule has 1 fully saturated rings. The number of sulfone groups is 1. The second-order valence-corrected chi connectivity index (χ2v) is 7.82. The Bertz CT molecular complexity index is 593. The number of nitrogens with one attached hydrogen (secondary N) is 1. The Morgan fingerprint density at radius 3 is 2.75 bits per heavy atom. The van der Waals surface area contributed by atoms with E-state index in [1.165, 1.54) is 12.1 Å². The van der Waals surface area contributed by atoms with Crippen LogP contribution in [0.5, 0.6) is 0 Å². The van der Waals surface area contributed by atoms with Gasteiger partial charge in [-0.2, -0.15) is 0 Å². The first-order valence-corrected chi connectivity index (χ1v) is 8.55. The highest BCUT2D eigenvalue weighted by atomic mass is 35.5. The van der Waals surface area contributed by atoms with Gasteiger partial charge in [0.1, 0.15) is 5.82 Å². The fourth-order valence-electron chi connectivity index (χ4n) is 2.38. The molecule has 0 radical (unpaired) electrons. The van der Waals surface area contributed by atoms with Crippen LogP contribution in [0.4, 0.5) is 4.39 Å². The third-order valence-corrected chi connectivity index (χ3v) is 5.75. The summed E-state index contributed by atoms with van der Waals surface area (Å²) in [4.78, 5) is 0. The van der Waals surface area contributed by atoms with Crippen molar-refractivity contribution in [2.24, 2.45) is 5.92 Å². The fraction of sp³-hybridized carbons (Fsp3) is 0.538. The summed E-state index contributed by atoms with van der Waals surface area (Å²) in [5, 5.41) is 13.0. The highest BCUT2D eigenvalue weighted by molar-refractivity contribution is 7.91. The van der Waals surface area contributed by atoms with Gasteiger partial charge in [-0.25, -0.2) is 12.8 Å². The molecule has 4 nitrogen and oxygen atoms in total. The average Bonchev–Trinajstić information content (AvgIpc) is 2.62. The zero-order valence-electron chi connectivity index (χ0n) is 11.0. The maximum absolute atomic E-state index is 13.3. The predicted octanol–water partition coefficient (Wildman–Crippen LogP) is 1.54. The van der Waals surface area contributed by atoms with Crippen LogP contribution in [0.1, 0.15) is 18.6 Å². The van der Waals surface area contributed by atoms with Crippen LogP contribution in [0.3, 0.4) is 0 Å². The molecule has 2 rings (SSSR count). The topological polar surface area (TPSA) is 66.4 Å². The van der Waals surface area contributed by atoms with Crippen LogP contribution >= 0.6 is 11.6 Å². The molecule has 112 valence electrons. The molecule has 1 saturated heterocycles. The van der Waals surface area contributed by atoms with Crippen molar-refractivity contribution in [1.82, 2.24) is 5.32 Å². The van der Waals surface area contributed by atoms with E-state index in [-0.39, 0.29) is 35.0 Å². The van der Waals surface area contributed by atoms with Crippen molar-refractivity contribution in [1.29, 1.82) is 0 Å². The number of rotatable bonds is 4. The van der Waals surface area contributed by atoms with Gasteiger partial charge in [0.15, 0.2) is 9.84 Å². The van der Waals surface area contributed by atoms with E-state index in [1.54, 1.807) is 6.07 Å². The van der Waals surface area contributed by atoms with Gasteiger partial charge in [-0.05, 0) is 23.6 Å². The van der Waals surface area contributed by atoms with Gasteiger partial charge in [0, 0.05) is 12.6 Å². The Morgan fingerprint density at radius 2 is 2.20 bits per heavy atom. The molecule has 1 aliphatic rings. The smallest absolute Gasteiger partial charge is 0.152 e. The largest absolute Gasteiger partial charge is 0.387 e. The van der Waals surface area contributed by atoms with Crippen LogP contribution in [0.25, 0.3) is 0 Å². The quantitative estimate of drug-likeness (QED) is 0.882. The van der Waals surface area contributed by atoms with Gasteiger partial charge in [0.2, 0.25) is 0 Å². The van der Waals surface area contributed by atoms with Crippen molar-refractivity contribution in [2.75, 3.05) is 18.1 Å². The van der Waals surface area contributed by atoms with Crippen molar-refractivity contribution in [2.45, 2.75) is 19.1 Å². The minimum Gasteiger partial charge on any atom is -0.387 e. The lowest BCUT2D eigenvalue weighted by Crippen LogP contribution is -2.37. The molecule has 0 spiro atoms. The Morgan fingerprint density at radius 1 is 1.50 bits per heavy atom. The van der Waals surface area contributed by atoms with E-state index in [4.69, 9.17) is 11.6 Å². The molecular weight excluding hydrogens is 305 g/mol. The van der Waals surface area contributed by atoms with E-state index in [2.05, 4.69) is 5.32 Å². The van der Waals surface area contributed by atoms with Gasteiger partial charge in [0.05, 0.1) is 22.6 Å². The first-order valence-electron chi connectivity index (χ1n) is 6.35. The summed E-state index contributed by atoms with van der Waals surface area (Å²) in [6, 6.07) is 3.94. The molecule has 3 atom stereocenters. The van der Waals surface area contributed by atoms with Crippen molar-refractivity contribution in [3.8, 4) is 0 Å². The molecule has 0 aromatic heterocycles. The van der Waals surface area contributed by atoms with Crippen molar-refractivity contribution < 1.29 is 17.9 Å². The predicted molar refractivity (Wildman–Crippen MR) is 76.0 cm³/mol. The maximum atomic E-state index is 13.3. The van der Waals surface area contributed by atoms with Gasteiger partial charge in [-0.1, -0.05) is 24.6 Å². The maximum Gasteiger partial charge on any atom is 0.152 e. The molecule has 0 bridgehead atoms. The summed E-state index contributed by atoms with van der Waals surface area (Å²) in [5.74, 6) is -0.333. The van der Waals surface area contributed by atoms with E-state index < -0.39 is 21.8 Å². The molecule has 1 aliphatic heterocycles. The van der Waals surface area contributed by atoms with Gasteiger partial charge in [-0.3, -0.25) is 0 Å². The molecule has 1 unspecified atom stereocenters. The highest BCUT2D eigenvalue weighted by Gasteiger charge is 2.34. The Balaban J connectivity index is 1.95. The van der Waals surface area contributed by atoms with Crippen LogP contribution < -0.4 is 5.32 Å². The highest BCUT2D eigenvalue weighted by Crippen LogP contribution is 2.22. The van der Waals surface area contributed by atoms with Crippen molar-refractivity contribution in [3.63, 3.8) is 0 Å². The van der Waals surface area contributed by atoms with Crippen molar-refractivity contribution >= 4 is 21.4 Å². The zero-order chi connectivity index (χ0) is 14.9. The Kier molecular flexibility index (Phi) is 4.69. The molecule has 7 heteroatoms. The van der Waals surface area contributed by atoms with Crippen LogP contribution in [0, 0.1) is 11.7 Å². The number of hydrogen-bond donors (Lipinski definition) is 2. The molecule has 20 heavy (non-hydrogen) atoms. The number of aliphatic hydroxyl groups is 1. The third-order valence-electron chi connectivity index (χ3n) is 3.54. The van der Waals surface area contributed by atoms with Crippen LogP contribution in [0.2, 0.25) is 5.02 Å². The van der Waals surface area contributed by atoms with Crippen molar-refractivity contribution in [3.05, 3.63) is 34.6 Å². The number of halogens is 2. The lowest BCUT2D eigenvalue weighted by Gasteiger charge is -2.19. The fourth-order valence-corrected chi connectivity index (χ4v) is 4.66. The Hall–Kier alpha value is -0.690. The average molecular weight is 322 g/mol. The second-order valence-electron chi connectivity index (χ2n) is 5.26. The van der Waals surface area contributed by atoms with Crippen LogP contribution in [0.15, 0.2) is 18.2 Å². The summed E-state index contributed by atoms with van der Waals surface area (Å²) in [6.45, 7) is 2.03. The first-order chi connectivity index (χ1) is 9.28. The van der Waals surface area contributed by atoms with E-state index in [1.807, 2.05) is 6.92 Å². The number of aliphatic hydroxyl groups excluding tert-OH is 1. The van der Waals surface area contributed by atoms with E-state index in [0.29, 0.717) is 5.56 Å². The summed E-state index contributed by atoms with van der Waals surface area (Å²) in [5.41, 5.74) is 0.410. The molecule has 1 heterocycles. The molecule has 0 saturated carbocycles. The van der Waals surface area contributed by atoms with Crippen LogP contribution in [-0.2, 0) is 9.84 Å². The minimum absolute atomic E-state index is 0.00409. The molecule has 0 aliphatic carbocycles. The lowest BCUT2D eigenvalue weighted by atomic mass is 10.1. The standard InChI is InChI=1S/C13H17ClFNO3S/c1-8-6-20(18,19)7-12(8)16-5-13(17)9-2-3-10(14)11(15)4-9/h2-4,8,12-13,16-17H,5-7H2,1H3/t8-,12+,13?/m1/s1. The lowest BCUT2D eigenvalue weighted by molar-refractivity contribution is 0.168. The molecule has 1 aromatic rings. The molecule has 0 amide bonds. The molecule has 2 N–H and O–H groups in total. The van der Waals surface area contributed by atoms with E-state index in [9.17, 15) is 17.9 Å². The van der Waals surface area contributed by atoms with E-state index in [0.717, 1.165) is 0 Å². The summed E-state index contributed by atoms with van der Waals surface area (Å²) >= 11 is 5.58. The molecular formula is C13H17ClFNO3S. The SMILES string of the molecule is C[C@@H]1CS(=O)(=O)C[C@@H]1NCC(O)c1ccc(Cl)c(F)c1. The number of benzene rings is 1. The molecule has 1 aromatic carbocycles. The van der Waals surface area contributed by atoms with E-state index >= 15 is 0 Å². The third kappa shape index (κ3) is 3.69.